The summed E-state index contributed by atoms with van der Waals surface area (Å²) in [5.74, 6) is 1.64. The van der Waals surface area contributed by atoms with E-state index in [0.717, 1.165) is 12.2 Å². The van der Waals surface area contributed by atoms with E-state index in [9.17, 15) is 0 Å². The second-order valence-electron chi connectivity index (χ2n) is 5.02. The van der Waals surface area contributed by atoms with Crippen molar-refractivity contribution in [1.82, 2.24) is 4.90 Å². The number of ether oxygens (including phenoxy) is 1. The maximum atomic E-state index is 5.94. The molecule has 18 heavy (non-hydrogen) atoms. The summed E-state index contributed by atoms with van der Waals surface area (Å²) in [6.07, 6.45) is 0.960. The van der Waals surface area contributed by atoms with E-state index in [1.165, 1.54) is 22.3 Å². The van der Waals surface area contributed by atoms with Crippen LogP contribution in [0.15, 0.2) is 6.07 Å². The molecule has 1 atom stereocenters. The number of hydrogen-bond donors (Lipinski definition) is 0. The van der Waals surface area contributed by atoms with Crippen molar-refractivity contribution in [3.05, 3.63) is 28.3 Å². The zero-order chi connectivity index (χ0) is 13.9. The van der Waals surface area contributed by atoms with Gasteiger partial charge in [0.05, 0.1) is 7.11 Å². The average molecular weight is 270 g/mol. The predicted octanol–water partition coefficient (Wildman–Crippen LogP) is 3.85. The van der Waals surface area contributed by atoms with Crippen molar-refractivity contribution < 1.29 is 4.74 Å². The van der Waals surface area contributed by atoms with Crippen LogP contribution in [0.4, 0.5) is 0 Å². The molecule has 0 radical (unpaired) electrons. The summed E-state index contributed by atoms with van der Waals surface area (Å²) in [6.45, 7) is 6.43. The lowest BCUT2D eigenvalue weighted by atomic mass is 9.90. The first kappa shape index (κ1) is 15.3. The van der Waals surface area contributed by atoms with E-state index in [0.29, 0.717) is 11.9 Å². The summed E-state index contributed by atoms with van der Waals surface area (Å²) in [5.41, 5.74) is 5.20. The number of nitrogens with zero attached hydrogens (tertiary/aromatic N) is 1. The summed E-state index contributed by atoms with van der Waals surface area (Å²) in [6, 6.07) is 2.50. The molecule has 1 rings (SSSR count). The van der Waals surface area contributed by atoms with Gasteiger partial charge in [0, 0.05) is 11.9 Å². The van der Waals surface area contributed by atoms with Crippen molar-refractivity contribution in [3.63, 3.8) is 0 Å². The van der Waals surface area contributed by atoms with Crippen LogP contribution in [0.2, 0.25) is 0 Å². The molecule has 0 aromatic heterocycles. The fourth-order valence-electron chi connectivity index (χ4n) is 2.55. The fourth-order valence-corrected chi connectivity index (χ4v) is 2.76. The highest BCUT2D eigenvalue weighted by Crippen LogP contribution is 2.34. The normalized spacial score (nSPS) is 12.9. The van der Waals surface area contributed by atoms with Gasteiger partial charge in [0.25, 0.3) is 0 Å². The number of halogens is 1. The summed E-state index contributed by atoms with van der Waals surface area (Å²) in [5, 5.41) is 0. The molecule has 0 fully saturated rings. The lowest BCUT2D eigenvalue weighted by Crippen LogP contribution is -2.22. The summed E-state index contributed by atoms with van der Waals surface area (Å²) in [4.78, 5) is 2.24. The van der Waals surface area contributed by atoms with E-state index >= 15 is 0 Å². The van der Waals surface area contributed by atoms with E-state index in [1.54, 1.807) is 7.11 Å². The Morgan fingerprint density at radius 3 is 2.28 bits per heavy atom. The number of methoxy groups -OCH3 is 1. The van der Waals surface area contributed by atoms with Crippen molar-refractivity contribution >= 4 is 11.6 Å². The van der Waals surface area contributed by atoms with Gasteiger partial charge in [-0.1, -0.05) is 0 Å². The Bertz CT molecular complexity index is 415. The predicted molar refractivity (Wildman–Crippen MR) is 79.0 cm³/mol. The standard InChI is InChI=1S/C15H24ClNO/c1-10-9-14(18-6)11(2)12(3)15(10)13(7-8-16)17(4)5/h9,13H,7-8H2,1-6H3. The molecular formula is C15H24ClNO. The van der Waals surface area contributed by atoms with Crippen LogP contribution in [0.25, 0.3) is 0 Å². The molecule has 1 aromatic rings. The van der Waals surface area contributed by atoms with Crippen LogP contribution in [0.3, 0.4) is 0 Å². The Labute approximate surface area is 116 Å². The van der Waals surface area contributed by atoms with Crippen molar-refractivity contribution in [2.24, 2.45) is 0 Å². The molecule has 0 amide bonds. The maximum absolute atomic E-state index is 5.94. The molecule has 1 aromatic carbocycles. The van der Waals surface area contributed by atoms with Crippen molar-refractivity contribution in [1.29, 1.82) is 0 Å². The topological polar surface area (TPSA) is 12.5 Å². The van der Waals surface area contributed by atoms with Gasteiger partial charge in [-0.2, -0.15) is 0 Å². The Hall–Kier alpha value is -0.730. The monoisotopic (exact) mass is 269 g/mol. The molecule has 0 heterocycles. The fraction of sp³-hybridized carbons (Fsp3) is 0.600. The van der Waals surface area contributed by atoms with Gasteiger partial charge >= 0.3 is 0 Å². The molecule has 0 saturated heterocycles. The third kappa shape index (κ3) is 2.99. The lowest BCUT2D eigenvalue weighted by Gasteiger charge is -2.28. The highest BCUT2D eigenvalue weighted by Gasteiger charge is 2.20. The van der Waals surface area contributed by atoms with Gasteiger partial charge in [0.15, 0.2) is 0 Å². The first-order chi connectivity index (χ1) is 8.43. The highest BCUT2D eigenvalue weighted by atomic mass is 35.5. The van der Waals surface area contributed by atoms with Crippen LogP contribution in [0, 0.1) is 20.8 Å². The molecule has 3 heteroatoms. The number of benzene rings is 1. The number of rotatable bonds is 5. The van der Waals surface area contributed by atoms with Gasteiger partial charge in [-0.3, -0.25) is 0 Å². The Morgan fingerprint density at radius 2 is 1.83 bits per heavy atom. The molecule has 0 aliphatic rings. The molecule has 1 unspecified atom stereocenters. The molecule has 0 bridgehead atoms. The van der Waals surface area contributed by atoms with E-state index in [1.807, 2.05) is 0 Å². The molecule has 102 valence electrons. The Morgan fingerprint density at radius 1 is 1.22 bits per heavy atom. The van der Waals surface area contributed by atoms with Crippen LogP contribution in [-0.4, -0.2) is 32.0 Å². The zero-order valence-electron chi connectivity index (χ0n) is 12.3. The minimum atomic E-state index is 0.368. The maximum Gasteiger partial charge on any atom is 0.122 e. The quantitative estimate of drug-likeness (QED) is 0.753. The minimum Gasteiger partial charge on any atom is -0.496 e. The molecule has 0 N–H and O–H groups in total. The average Bonchev–Trinajstić information content (AvgIpc) is 2.32. The van der Waals surface area contributed by atoms with Crippen LogP contribution in [-0.2, 0) is 0 Å². The van der Waals surface area contributed by atoms with E-state index in [2.05, 4.69) is 45.8 Å². The van der Waals surface area contributed by atoms with Gasteiger partial charge in [0.1, 0.15) is 5.75 Å². The van der Waals surface area contributed by atoms with E-state index in [-0.39, 0.29) is 0 Å². The second-order valence-corrected chi connectivity index (χ2v) is 5.39. The van der Waals surface area contributed by atoms with E-state index in [4.69, 9.17) is 16.3 Å². The lowest BCUT2D eigenvalue weighted by molar-refractivity contribution is 0.290. The smallest absolute Gasteiger partial charge is 0.122 e. The van der Waals surface area contributed by atoms with Crippen molar-refractivity contribution in [2.75, 3.05) is 27.1 Å². The van der Waals surface area contributed by atoms with Crippen LogP contribution in [0.1, 0.15) is 34.7 Å². The number of aryl methyl sites for hydroxylation is 1. The number of alkyl halides is 1. The summed E-state index contributed by atoms with van der Waals surface area (Å²) < 4.78 is 5.42. The Balaban J connectivity index is 3.34. The molecule has 2 nitrogen and oxygen atoms in total. The molecular weight excluding hydrogens is 246 g/mol. The second kappa shape index (κ2) is 6.44. The van der Waals surface area contributed by atoms with Crippen LogP contribution < -0.4 is 4.74 Å². The third-order valence-corrected chi connectivity index (χ3v) is 3.89. The largest absolute Gasteiger partial charge is 0.496 e. The molecule has 0 spiro atoms. The van der Waals surface area contributed by atoms with Gasteiger partial charge in [-0.25, -0.2) is 0 Å². The summed E-state index contributed by atoms with van der Waals surface area (Å²) in [7, 11) is 5.94. The van der Waals surface area contributed by atoms with Gasteiger partial charge in [0.2, 0.25) is 0 Å². The molecule has 0 saturated carbocycles. The minimum absolute atomic E-state index is 0.368. The zero-order valence-corrected chi connectivity index (χ0v) is 13.1. The first-order valence-electron chi connectivity index (χ1n) is 6.31. The highest BCUT2D eigenvalue weighted by molar-refractivity contribution is 6.17. The number of hydrogen-bond acceptors (Lipinski definition) is 2. The van der Waals surface area contributed by atoms with Gasteiger partial charge in [-0.15, -0.1) is 11.6 Å². The Kier molecular flexibility index (Phi) is 5.48. The SMILES string of the molecule is COc1cc(C)c(C(CCCl)N(C)C)c(C)c1C. The third-order valence-electron chi connectivity index (χ3n) is 3.67. The molecule has 0 aliphatic carbocycles. The van der Waals surface area contributed by atoms with E-state index < -0.39 is 0 Å². The van der Waals surface area contributed by atoms with Crippen molar-refractivity contribution in [3.8, 4) is 5.75 Å². The van der Waals surface area contributed by atoms with Crippen LogP contribution >= 0.6 is 11.6 Å². The summed E-state index contributed by atoms with van der Waals surface area (Å²) >= 11 is 5.94. The van der Waals surface area contributed by atoms with Gasteiger partial charge in [-0.05, 0) is 69.6 Å². The van der Waals surface area contributed by atoms with Gasteiger partial charge < -0.3 is 9.64 Å². The van der Waals surface area contributed by atoms with Crippen molar-refractivity contribution in [2.45, 2.75) is 33.2 Å². The van der Waals surface area contributed by atoms with Crippen LogP contribution in [0.5, 0.6) is 5.75 Å². The first-order valence-corrected chi connectivity index (χ1v) is 6.84. The molecule has 0 aliphatic heterocycles.